The van der Waals surface area contributed by atoms with Crippen molar-refractivity contribution in [1.29, 1.82) is 0 Å². The molecule has 0 aliphatic heterocycles. The van der Waals surface area contributed by atoms with E-state index < -0.39 is 10.8 Å². The van der Waals surface area contributed by atoms with Crippen molar-refractivity contribution in [1.82, 2.24) is 0 Å². The number of benzene rings is 1. The highest BCUT2D eigenvalue weighted by Crippen LogP contribution is 2.26. The van der Waals surface area contributed by atoms with E-state index in [1.165, 1.54) is 20.0 Å². The molecule has 1 fully saturated rings. The molecule has 1 aromatic rings. The second kappa shape index (κ2) is 7.23. The summed E-state index contributed by atoms with van der Waals surface area (Å²) in [5.41, 5.74) is 0.496. The summed E-state index contributed by atoms with van der Waals surface area (Å²) in [5.74, 6) is 1.68. The predicted octanol–water partition coefficient (Wildman–Crippen LogP) is 3.47. The van der Waals surface area contributed by atoms with Gasteiger partial charge in [-0.05, 0) is 37.0 Å². The first-order chi connectivity index (χ1) is 9.60. The predicted molar refractivity (Wildman–Crippen MR) is 82.2 cm³/mol. The second-order valence-electron chi connectivity index (χ2n) is 5.17. The molecule has 0 spiro atoms. The standard InChI is InChI=1S/C15H19ClO3S/c1-19-15-7-6-12(8-13(15)16)14(17)10-20(18)9-11-4-2-3-5-11/h6-8,11H,2-5,9-10H2,1H3. The lowest BCUT2D eigenvalue weighted by molar-refractivity contribution is 0.102. The Bertz CT molecular complexity index is 510. The van der Waals surface area contributed by atoms with Crippen molar-refractivity contribution in [3.8, 4) is 5.75 Å². The maximum Gasteiger partial charge on any atom is 0.175 e. The van der Waals surface area contributed by atoms with E-state index in [1.54, 1.807) is 18.2 Å². The topological polar surface area (TPSA) is 43.4 Å². The quantitative estimate of drug-likeness (QED) is 0.755. The summed E-state index contributed by atoms with van der Waals surface area (Å²) < 4.78 is 17.1. The van der Waals surface area contributed by atoms with Crippen molar-refractivity contribution in [3.63, 3.8) is 0 Å². The Labute approximate surface area is 127 Å². The highest BCUT2D eigenvalue weighted by Gasteiger charge is 2.20. The number of carbonyl (C=O) groups is 1. The molecule has 2 rings (SSSR count). The van der Waals surface area contributed by atoms with Gasteiger partial charge in [0.1, 0.15) is 5.75 Å². The molecule has 1 aromatic carbocycles. The van der Waals surface area contributed by atoms with Crippen molar-refractivity contribution in [2.24, 2.45) is 5.92 Å². The van der Waals surface area contributed by atoms with E-state index in [1.807, 2.05) is 0 Å². The molecule has 0 aromatic heterocycles. The average Bonchev–Trinajstić information content (AvgIpc) is 2.91. The van der Waals surface area contributed by atoms with Gasteiger partial charge in [0.15, 0.2) is 5.78 Å². The molecule has 1 saturated carbocycles. The van der Waals surface area contributed by atoms with Crippen LogP contribution in [0.1, 0.15) is 36.0 Å². The summed E-state index contributed by atoms with van der Waals surface area (Å²) in [6.07, 6.45) is 4.75. The number of rotatable bonds is 6. The zero-order valence-electron chi connectivity index (χ0n) is 11.6. The lowest BCUT2D eigenvalue weighted by Crippen LogP contribution is -2.17. The van der Waals surface area contributed by atoms with Crippen LogP contribution in [0.15, 0.2) is 18.2 Å². The van der Waals surface area contributed by atoms with Gasteiger partial charge in [-0.2, -0.15) is 0 Å². The summed E-state index contributed by atoms with van der Waals surface area (Å²) in [6, 6.07) is 4.91. The molecule has 0 heterocycles. The highest BCUT2D eigenvalue weighted by molar-refractivity contribution is 7.85. The van der Waals surface area contributed by atoms with Crippen molar-refractivity contribution in [2.75, 3.05) is 18.6 Å². The molecule has 0 N–H and O–H groups in total. The van der Waals surface area contributed by atoms with Crippen LogP contribution in [0.4, 0.5) is 0 Å². The van der Waals surface area contributed by atoms with Gasteiger partial charge in [0.25, 0.3) is 0 Å². The van der Waals surface area contributed by atoms with E-state index in [9.17, 15) is 9.00 Å². The fraction of sp³-hybridized carbons (Fsp3) is 0.533. The molecule has 20 heavy (non-hydrogen) atoms. The molecule has 1 aliphatic rings. The van der Waals surface area contributed by atoms with Gasteiger partial charge in [-0.25, -0.2) is 0 Å². The maximum absolute atomic E-state index is 12.1. The van der Waals surface area contributed by atoms with E-state index in [2.05, 4.69) is 0 Å². The summed E-state index contributed by atoms with van der Waals surface area (Å²) in [7, 11) is 0.449. The molecule has 3 nitrogen and oxygen atoms in total. The average molecular weight is 315 g/mol. The van der Waals surface area contributed by atoms with Crippen LogP contribution in [0, 0.1) is 5.92 Å². The van der Waals surface area contributed by atoms with Crippen LogP contribution >= 0.6 is 11.6 Å². The van der Waals surface area contributed by atoms with Crippen LogP contribution in [-0.2, 0) is 10.8 Å². The summed E-state index contributed by atoms with van der Waals surface area (Å²) in [5, 5.41) is 0.403. The molecular formula is C15H19ClO3S. The van der Waals surface area contributed by atoms with Crippen LogP contribution in [-0.4, -0.2) is 28.6 Å². The number of halogens is 1. The lowest BCUT2D eigenvalue weighted by Gasteiger charge is -2.09. The molecule has 1 unspecified atom stereocenters. The monoisotopic (exact) mass is 314 g/mol. The number of Topliss-reactive ketones (excluding diaryl/α,β-unsaturated/α-hetero) is 1. The SMILES string of the molecule is COc1ccc(C(=O)CS(=O)CC2CCCC2)cc1Cl. The third-order valence-corrected chi connectivity index (χ3v) is 5.38. The van der Waals surface area contributed by atoms with Gasteiger partial charge in [-0.15, -0.1) is 0 Å². The minimum Gasteiger partial charge on any atom is -0.495 e. The number of ketones is 1. The molecular weight excluding hydrogens is 296 g/mol. The number of ether oxygens (including phenoxy) is 1. The van der Waals surface area contributed by atoms with Crippen LogP contribution in [0.2, 0.25) is 5.02 Å². The molecule has 0 saturated heterocycles. The zero-order valence-corrected chi connectivity index (χ0v) is 13.1. The fourth-order valence-electron chi connectivity index (χ4n) is 2.57. The van der Waals surface area contributed by atoms with Crippen LogP contribution in [0.3, 0.4) is 0 Å². The Morgan fingerprint density at radius 1 is 1.40 bits per heavy atom. The second-order valence-corrected chi connectivity index (χ2v) is 7.08. The highest BCUT2D eigenvalue weighted by atomic mass is 35.5. The Balaban J connectivity index is 1.93. The fourth-order valence-corrected chi connectivity index (χ4v) is 4.26. The Kier molecular flexibility index (Phi) is 5.61. The Morgan fingerprint density at radius 2 is 2.10 bits per heavy atom. The number of carbonyl (C=O) groups excluding carboxylic acids is 1. The van der Waals surface area contributed by atoms with E-state index in [4.69, 9.17) is 16.3 Å². The van der Waals surface area contributed by atoms with Gasteiger partial charge in [0.05, 0.1) is 17.9 Å². The number of hydrogen-bond acceptors (Lipinski definition) is 3. The van der Waals surface area contributed by atoms with E-state index in [-0.39, 0.29) is 11.5 Å². The Morgan fingerprint density at radius 3 is 2.70 bits per heavy atom. The first-order valence-electron chi connectivity index (χ1n) is 6.82. The summed E-state index contributed by atoms with van der Waals surface area (Å²) in [6.45, 7) is 0. The molecule has 1 atom stereocenters. The van der Waals surface area contributed by atoms with E-state index in [0.717, 1.165) is 12.8 Å². The van der Waals surface area contributed by atoms with Gasteiger partial charge in [0.2, 0.25) is 0 Å². The molecule has 0 amide bonds. The van der Waals surface area contributed by atoms with Crippen molar-refractivity contribution < 1.29 is 13.7 Å². The summed E-state index contributed by atoms with van der Waals surface area (Å²) in [4.78, 5) is 12.1. The van der Waals surface area contributed by atoms with E-state index in [0.29, 0.717) is 28.0 Å². The van der Waals surface area contributed by atoms with Crippen LogP contribution in [0.5, 0.6) is 5.75 Å². The maximum atomic E-state index is 12.1. The van der Waals surface area contributed by atoms with E-state index >= 15 is 0 Å². The van der Waals surface area contributed by atoms with Crippen molar-refractivity contribution >= 4 is 28.2 Å². The largest absolute Gasteiger partial charge is 0.495 e. The van der Waals surface area contributed by atoms with Crippen LogP contribution in [0.25, 0.3) is 0 Å². The van der Waals surface area contributed by atoms with Gasteiger partial charge in [-0.1, -0.05) is 24.4 Å². The Hall–Kier alpha value is -0.870. The first kappa shape index (κ1) is 15.5. The van der Waals surface area contributed by atoms with Gasteiger partial charge >= 0.3 is 0 Å². The third-order valence-electron chi connectivity index (χ3n) is 3.66. The molecule has 0 radical (unpaired) electrons. The molecule has 110 valence electrons. The molecule has 1 aliphatic carbocycles. The van der Waals surface area contributed by atoms with Gasteiger partial charge < -0.3 is 4.74 Å². The van der Waals surface area contributed by atoms with Gasteiger partial charge in [0, 0.05) is 22.1 Å². The zero-order chi connectivity index (χ0) is 14.5. The number of methoxy groups -OCH3 is 1. The lowest BCUT2D eigenvalue weighted by atomic mass is 10.1. The molecule has 0 bridgehead atoms. The first-order valence-corrected chi connectivity index (χ1v) is 8.68. The smallest absolute Gasteiger partial charge is 0.175 e. The number of hydrogen-bond donors (Lipinski definition) is 0. The molecule has 5 heteroatoms. The summed E-state index contributed by atoms with van der Waals surface area (Å²) >= 11 is 5.99. The van der Waals surface area contributed by atoms with Crippen molar-refractivity contribution in [2.45, 2.75) is 25.7 Å². The normalized spacial score (nSPS) is 17.1. The van der Waals surface area contributed by atoms with Crippen molar-refractivity contribution in [3.05, 3.63) is 28.8 Å². The van der Waals surface area contributed by atoms with Crippen LogP contribution < -0.4 is 4.74 Å². The van der Waals surface area contributed by atoms with Gasteiger partial charge in [-0.3, -0.25) is 9.00 Å². The minimum absolute atomic E-state index is 0.0825. The third kappa shape index (κ3) is 4.06. The minimum atomic E-state index is -1.08.